The molecule has 0 saturated carbocycles. The Morgan fingerprint density at radius 3 is 2.32 bits per heavy atom. The van der Waals surface area contributed by atoms with Gasteiger partial charge in [0, 0.05) is 19.6 Å². The highest BCUT2D eigenvalue weighted by molar-refractivity contribution is 5.76. The summed E-state index contributed by atoms with van der Waals surface area (Å²) in [7, 11) is 4.13. The molecule has 5 nitrogen and oxygen atoms in total. The summed E-state index contributed by atoms with van der Waals surface area (Å²) in [4.78, 5) is 16.4. The molecule has 0 aliphatic heterocycles. The predicted molar refractivity (Wildman–Crippen MR) is 79.4 cm³/mol. The van der Waals surface area contributed by atoms with E-state index in [1.165, 1.54) is 0 Å². The van der Waals surface area contributed by atoms with E-state index in [0.717, 1.165) is 32.6 Å². The van der Waals surface area contributed by atoms with Crippen LogP contribution in [0.4, 0.5) is 0 Å². The summed E-state index contributed by atoms with van der Waals surface area (Å²) in [5.74, 6) is -0.143. The monoisotopic (exact) mass is 273 g/mol. The van der Waals surface area contributed by atoms with Gasteiger partial charge >= 0.3 is 5.97 Å². The highest BCUT2D eigenvalue weighted by atomic mass is 16.5. The molecule has 0 spiro atoms. The van der Waals surface area contributed by atoms with Crippen LogP contribution < -0.4 is 5.32 Å². The summed E-state index contributed by atoms with van der Waals surface area (Å²) in [5.41, 5.74) is 0. The van der Waals surface area contributed by atoms with Crippen LogP contribution in [-0.4, -0.2) is 75.2 Å². The minimum absolute atomic E-state index is 0.143. The Kier molecular flexibility index (Phi) is 10.8. The van der Waals surface area contributed by atoms with Crippen molar-refractivity contribution in [1.82, 2.24) is 15.1 Å². The zero-order valence-corrected chi connectivity index (χ0v) is 13.2. The van der Waals surface area contributed by atoms with E-state index < -0.39 is 0 Å². The molecule has 0 radical (unpaired) electrons. The summed E-state index contributed by atoms with van der Waals surface area (Å²) >= 11 is 0. The maximum atomic E-state index is 11.9. The number of hydrogen-bond acceptors (Lipinski definition) is 5. The van der Waals surface area contributed by atoms with E-state index >= 15 is 0 Å². The maximum absolute atomic E-state index is 11.9. The lowest BCUT2D eigenvalue weighted by molar-refractivity contribution is -0.146. The average Bonchev–Trinajstić information content (AvgIpc) is 2.35. The molecule has 0 saturated heterocycles. The van der Waals surface area contributed by atoms with Crippen LogP contribution in [0.3, 0.4) is 0 Å². The number of carbonyl (C=O) groups excluding carboxylic acids is 1. The Labute approximate surface area is 118 Å². The van der Waals surface area contributed by atoms with E-state index in [2.05, 4.69) is 36.1 Å². The van der Waals surface area contributed by atoms with Gasteiger partial charge in [0.2, 0.25) is 0 Å². The van der Waals surface area contributed by atoms with Gasteiger partial charge in [-0.1, -0.05) is 13.8 Å². The molecule has 0 aromatic carbocycles. The Balaban J connectivity index is 4.40. The first kappa shape index (κ1) is 18.4. The average molecular weight is 273 g/mol. The Morgan fingerprint density at radius 2 is 1.84 bits per heavy atom. The normalized spacial score (nSPS) is 13.0. The topological polar surface area (TPSA) is 44.8 Å². The van der Waals surface area contributed by atoms with Gasteiger partial charge in [-0.15, -0.1) is 0 Å². The van der Waals surface area contributed by atoms with Gasteiger partial charge in [-0.3, -0.25) is 9.69 Å². The first-order chi connectivity index (χ1) is 9.04. The number of nitrogens with zero attached hydrogens (tertiary/aromatic N) is 2. The lowest BCUT2D eigenvalue weighted by atomic mass is 10.2. The quantitative estimate of drug-likeness (QED) is 0.564. The molecule has 0 aromatic rings. The molecule has 114 valence electrons. The molecule has 5 heteroatoms. The molecule has 0 amide bonds. The van der Waals surface area contributed by atoms with Crippen LogP contribution in [-0.2, 0) is 9.53 Å². The van der Waals surface area contributed by atoms with Crippen LogP contribution in [0.1, 0.15) is 27.2 Å². The Bertz CT molecular complexity index is 235. The lowest BCUT2D eigenvalue weighted by Crippen LogP contribution is -2.48. The smallest absolute Gasteiger partial charge is 0.324 e. The molecule has 1 N–H and O–H groups in total. The van der Waals surface area contributed by atoms with Crippen LogP contribution in [0.15, 0.2) is 0 Å². The van der Waals surface area contributed by atoms with Gasteiger partial charge in [0.1, 0.15) is 6.04 Å². The van der Waals surface area contributed by atoms with Crippen molar-refractivity contribution in [2.24, 2.45) is 0 Å². The molecular formula is C14H31N3O2. The van der Waals surface area contributed by atoms with Crippen molar-refractivity contribution in [3.63, 3.8) is 0 Å². The molecule has 0 heterocycles. The third kappa shape index (κ3) is 8.97. The number of likely N-dealkylation sites (N-methyl/N-ethyl adjacent to an activating group) is 2. The van der Waals surface area contributed by atoms with Gasteiger partial charge in [0.15, 0.2) is 0 Å². The molecule has 0 bridgehead atoms. The zero-order chi connectivity index (χ0) is 14.7. The second-order valence-electron chi connectivity index (χ2n) is 4.97. The van der Waals surface area contributed by atoms with Crippen LogP contribution in [0.25, 0.3) is 0 Å². The molecule has 1 atom stereocenters. The summed E-state index contributed by atoms with van der Waals surface area (Å²) in [5, 5.41) is 3.21. The van der Waals surface area contributed by atoms with Crippen LogP contribution in [0, 0.1) is 0 Å². The number of rotatable bonds is 11. The van der Waals surface area contributed by atoms with Gasteiger partial charge in [-0.05, 0) is 40.5 Å². The van der Waals surface area contributed by atoms with Crippen molar-refractivity contribution >= 4 is 5.97 Å². The van der Waals surface area contributed by atoms with E-state index in [4.69, 9.17) is 4.74 Å². The largest absolute Gasteiger partial charge is 0.465 e. The van der Waals surface area contributed by atoms with Crippen molar-refractivity contribution < 1.29 is 9.53 Å². The Hall–Kier alpha value is -0.650. The minimum Gasteiger partial charge on any atom is -0.465 e. The van der Waals surface area contributed by atoms with Gasteiger partial charge in [-0.25, -0.2) is 0 Å². The molecule has 1 unspecified atom stereocenters. The highest BCUT2D eigenvalue weighted by Gasteiger charge is 2.21. The SMILES string of the molecule is CCCN(CCN(C)C)CC(NCC)C(=O)OCC. The van der Waals surface area contributed by atoms with E-state index in [9.17, 15) is 4.79 Å². The van der Waals surface area contributed by atoms with Crippen molar-refractivity contribution in [2.45, 2.75) is 33.2 Å². The lowest BCUT2D eigenvalue weighted by Gasteiger charge is -2.27. The second kappa shape index (κ2) is 11.2. The summed E-state index contributed by atoms with van der Waals surface area (Å²) in [6, 6.07) is -0.223. The number of ether oxygens (including phenoxy) is 1. The third-order valence-corrected chi connectivity index (χ3v) is 2.87. The molecular weight excluding hydrogens is 242 g/mol. The predicted octanol–water partition coefficient (Wildman–Crippen LogP) is 0.801. The second-order valence-corrected chi connectivity index (χ2v) is 4.97. The maximum Gasteiger partial charge on any atom is 0.324 e. The minimum atomic E-state index is -0.223. The van der Waals surface area contributed by atoms with Crippen LogP contribution in [0.5, 0.6) is 0 Å². The molecule has 0 aliphatic rings. The third-order valence-electron chi connectivity index (χ3n) is 2.87. The fourth-order valence-electron chi connectivity index (χ4n) is 1.92. The van der Waals surface area contributed by atoms with E-state index in [0.29, 0.717) is 13.2 Å². The van der Waals surface area contributed by atoms with E-state index in [1.807, 2.05) is 13.8 Å². The first-order valence-corrected chi connectivity index (χ1v) is 7.32. The van der Waals surface area contributed by atoms with E-state index in [-0.39, 0.29) is 12.0 Å². The van der Waals surface area contributed by atoms with Crippen molar-refractivity contribution in [1.29, 1.82) is 0 Å². The number of carbonyl (C=O) groups is 1. The summed E-state index contributed by atoms with van der Waals surface area (Å²) in [6.45, 7) is 10.9. The van der Waals surface area contributed by atoms with Crippen LogP contribution >= 0.6 is 0 Å². The molecule has 19 heavy (non-hydrogen) atoms. The molecule has 0 fully saturated rings. The molecule has 0 aliphatic carbocycles. The van der Waals surface area contributed by atoms with Gasteiger partial charge in [0.05, 0.1) is 6.61 Å². The Morgan fingerprint density at radius 1 is 1.16 bits per heavy atom. The van der Waals surface area contributed by atoms with Gasteiger partial charge in [-0.2, -0.15) is 0 Å². The number of nitrogens with one attached hydrogen (secondary N) is 1. The fourth-order valence-corrected chi connectivity index (χ4v) is 1.92. The van der Waals surface area contributed by atoms with E-state index in [1.54, 1.807) is 0 Å². The van der Waals surface area contributed by atoms with Crippen molar-refractivity contribution in [2.75, 3.05) is 53.4 Å². The number of hydrogen-bond donors (Lipinski definition) is 1. The van der Waals surface area contributed by atoms with Crippen molar-refractivity contribution in [3.8, 4) is 0 Å². The standard InChI is InChI=1S/C14H31N3O2/c1-6-9-17(11-10-16(4)5)12-13(15-7-2)14(18)19-8-3/h13,15H,6-12H2,1-5H3. The summed E-state index contributed by atoms with van der Waals surface area (Å²) in [6.07, 6.45) is 1.09. The zero-order valence-electron chi connectivity index (χ0n) is 13.2. The fraction of sp³-hybridized carbons (Fsp3) is 0.929. The number of esters is 1. The van der Waals surface area contributed by atoms with Crippen molar-refractivity contribution in [3.05, 3.63) is 0 Å². The molecule has 0 aromatic heterocycles. The molecule has 0 rings (SSSR count). The summed E-state index contributed by atoms with van der Waals surface area (Å²) < 4.78 is 5.12. The van der Waals surface area contributed by atoms with Gasteiger partial charge in [0.25, 0.3) is 0 Å². The highest BCUT2D eigenvalue weighted by Crippen LogP contribution is 1.98. The first-order valence-electron chi connectivity index (χ1n) is 7.32. The van der Waals surface area contributed by atoms with Gasteiger partial charge < -0.3 is 15.0 Å². The van der Waals surface area contributed by atoms with Crippen LogP contribution in [0.2, 0.25) is 0 Å².